The fourth-order valence-corrected chi connectivity index (χ4v) is 3.01. The van der Waals surface area contributed by atoms with Gasteiger partial charge in [0, 0.05) is 5.56 Å². The summed E-state index contributed by atoms with van der Waals surface area (Å²) in [5, 5.41) is 4.75. The smallest absolute Gasteiger partial charge is 0.181 e. The standard InChI is InChI=1S/C22H19N3/c1-16-9-6-7-14-21(16)25-17(2)23-22(24-25)20-13-8-12-19(15-20)18-10-4-3-5-11-18/h3-15H,1-2H3. The monoisotopic (exact) mass is 325 g/mol. The fraction of sp³-hybridized carbons (Fsp3) is 0.0909. The Morgan fingerprint density at radius 3 is 2.16 bits per heavy atom. The Hall–Kier alpha value is -3.20. The molecule has 0 bridgehead atoms. The molecule has 1 aromatic heterocycles. The number of benzene rings is 3. The van der Waals surface area contributed by atoms with Crippen LogP contribution in [0.4, 0.5) is 0 Å². The van der Waals surface area contributed by atoms with Crippen molar-refractivity contribution in [3.63, 3.8) is 0 Å². The molecule has 3 heteroatoms. The Labute approximate surface area is 147 Å². The summed E-state index contributed by atoms with van der Waals surface area (Å²) in [6.45, 7) is 4.08. The molecule has 0 atom stereocenters. The summed E-state index contributed by atoms with van der Waals surface area (Å²) in [5.74, 6) is 1.63. The first kappa shape index (κ1) is 15.3. The average Bonchev–Trinajstić information content (AvgIpc) is 3.05. The second-order valence-electron chi connectivity index (χ2n) is 6.13. The van der Waals surface area contributed by atoms with Crippen LogP contribution >= 0.6 is 0 Å². The maximum atomic E-state index is 4.75. The zero-order valence-corrected chi connectivity index (χ0v) is 14.3. The number of hydrogen-bond acceptors (Lipinski definition) is 2. The maximum absolute atomic E-state index is 4.75. The van der Waals surface area contributed by atoms with Crippen molar-refractivity contribution < 1.29 is 0 Å². The van der Waals surface area contributed by atoms with Crippen molar-refractivity contribution >= 4 is 0 Å². The molecule has 0 saturated carbocycles. The number of para-hydroxylation sites is 1. The van der Waals surface area contributed by atoms with E-state index >= 15 is 0 Å². The summed E-state index contributed by atoms with van der Waals surface area (Å²) in [7, 11) is 0. The van der Waals surface area contributed by atoms with Gasteiger partial charge in [0.2, 0.25) is 0 Å². The first-order valence-electron chi connectivity index (χ1n) is 8.38. The van der Waals surface area contributed by atoms with Crippen LogP contribution in [0.25, 0.3) is 28.2 Å². The van der Waals surface area contributed by atoms with Gasteiger partial charge >= 0.3 is 0 Å². The van der Waals surface area contributed by atoms with Crippen LogP contribution in [0.1, 0.15) is 11.4 Å². The van der Waals surface area contributed by atoms with Gasteiger partial charge in [0.15, 0.2) is 5.82 Å². The predicted molar refractivity (Wildman–Crippen MR) is 102 cm³/mol. The molecule has 0 radical (unpaired) electrons. The van der Waals surface area contributed by atoms with E-state index in [2.05, 4.69) is 72.6 Å². The molecule has 0 N–H and O–H groups in total. The Morgan fingerprint density at radius 2 is 1.36 bits per heavy atom. The van der Waals surface area contributed by atoms with Gasteiger partial charge < -0.3 is 0 Å². The van der Waals surface area contributed by atoms with Crippen molar-refractivity contribution in [2.24, 2.45) is 0 Å². The van der Waals surface area contributed by atoms with Crippen LogP contribution in [-0.2, 0) is 0 Å². The molecule has 0 fully saturated rings. The maximum Gasteiger partial charge on any atom is 0.181 e. The molecule has 122 valence electrons. The molecular weight excluding hydrogens is 306 g/mol. The van der Waals surface area contributed by atoms with Crippen molar-refractivity contribution in [2.75, 3.05) is 0 Å². The van der Waals surface area contributed by atoms with Gasteiger partial charge in [-0.25, -0.2) is 9.67 Å². The van der Waals surface area contributed by atoms with E-state index < -0.39 is 0 Å². The van der Waals surface area contributed by atoms with Crippen molar-refractivity contribution in [1.82, 2.24) is 14.8 Å². The normalized spacial score (nSPS) is 10.8. The Bertz CT molecular complexity index is 1020. The van der Waals surface area contributed by atoms with Crippen molar-refractivity contribution in [2.45, 2.75) is 13.8 Å². The van der Waals surface area contributed by atoms with E-state index in [1.807, 2.05) is 29.8 Å². The molecule has 3 nitrogen and oxygen atoms in total. The van der Waals surface area contributed by atoms with E-state index in [1.165, 1.54) is 16.7 Å². The first-order chi connectivity index (χ1) is 12.2. The zero-order valence-electron chi connectivity index (χ0n) is 14.3. The van der Waals surface area contributed by atoms with Gasteiger partial charge in [-0.3, -0.25) is 0 Å². The van der Waals surface area contributed by atoms with Crippen molar-refractivity contribution in [3.8, 4) is 28.2 Å². The number of rotatable bonds is 3. The van der Waals surface area contributed by atoms with Gasteiger partial charge in [0.25, 0.3) is 0 Å². The summed E-state index contributed by atoms with van der Waals surface area (Å²) in [4.78, 5) is 4.69. The minimum atomic E-state index is 0.749. The average molecular weight is 325 g/mol. The molecule has 0 aliphatic heterocycles. The molecule has 0 aliphatic rings. The van der Waals surface area contributed by atoms with Gasteiger partial charge in [-0.15, -0.1) is 5.10 Å². The SMILES string of the molecule is Cc1ccccc1-n1nc(-c2cccc(-c3ccccc3)c2)nc1C. The largest absolute Gasteiger partial charge is 0.217 e. The van der Waals surface area contributed by atoms with Gasteiger partial charge in [-0.2, -0.15) is 0 Å². The van der Waals surface area contributed by atoms with Crippen molar-refractivity contribution in [3.05, 3.63) is 90.3 Å². The van der Waals surface area contributed by atoms with E-state index in [0.717, 1.165) is 22.9 Å². The lowest BCUT2D eigenvalue weighted by Crippen LogP contribution is -2.01. The van der Waals surface area contributed by atoms with E-state index in [4.69, 9.17) is 5.10 Å². The van der Waals surface area contributed by atoms with Crippen LogP contribution in [0, 0.1) is 13.8 Å². The highest BCUT2D eigenvalue weighted by molar-refractivity contribution is 5.70. The van der Waals surface area contributed by atoms with Crippen LogP contribution in [0.3, 0.4) is 0 Å². The lowest BCUT2D eigenvalue weighted by molar-refractivity contribution is 0.835. The zero-order chi connectivity index (χ0) is 17.2. The highest BCUT2D eigenvalue weighted by Crippen LogP contribution is 2.25. The minimum Gasteiger partial charge on any atom is -0.217 e. The third kappa shape index (κ3) is 2.96. The Morgan fingerprint density at radius 1 is 0.680 bits per heavy atom. The Balaban J connectivity index is 1.77. The Kier molecular flexibility index (Phi) is 3.90. The van der Waals surface area contributed by atoms with Crippen LogP contribution in [0.2, 0.25) is 0 Å². The highest BCUT2D eigenvalue weighted by atomic mass is 15.3. The minimum absolute atomic E-state index is 0.749. The summed E-state index contributed by atoms with van der Waals surface area (Å²) in [5.41, 5.74) is 5.64. The van der Waals surface area contributed by atoms with Gasteiger partial charge in [0.1, 0.15) is 5.82 Å². The topological polar surface area (TPSA) is 30.7 Å². The second kappa shape index (κ2) is 6.36. The van der Waals surface area contributed by atoms with Crippen LogP contribution in [0.15, 0.2) is 78.9 Å². The molecule has 0 amide bonds. The number of nitrogens with zero attached hydrogens (tertiary/aromatic N) is 3. The van der Waals surface area contributed by atoms with Crippen LogP contribution < -0.4 is 0 Å². The third-order valence-corrected chi connectivity index (χ3v) is 4.34. The highest BCUT2D eigenvalue weighted by Gasteiger charge is 2.12. The molecular formula is C22H19N3. The summed E-state index contributed by atoms with van der Waals surface area (Å²) >= 11 is 0. The molecule has 0 aliphatic carbocycles. The van der Waals surface area contributed by atoms with Gasteiger partial charge in [-0.05, 0) is 42.7 Å². The lowest BCUT2D eigenvalue weighted by atomic mass is 10.0. The number of aryl methyl sites for hydroxylation is 2. The van der Waals surface area contributed by atoms with E-state index in [9.17, 15) is 0 Å². The summed E-state index contributed by atoms with van der Waals surface area (Å²) in [6, 6.07) is 27.0. The molecule has 0 saturated heterocycles. The molecule has 3 aromatic carbocycles. The second-order valence-corrected chi connectivity index (χ2v) is 6.13. The van der Waals surface area contributed by atoms with Gasteiger partial charge in [-0.1, -0.05) is 66.7 Å². The molecule has 0 spiro atoms. The number of hydrogen-bond donors (Lipinski definition) is 0. The molecule has 4 rings (SSSR count). The predicted octanol–water partition coefficient (Wildman–Crippen LogP) is 5.22. The van der Waals surface area contributed by atoms with Gasteiger partial charge in [0.05, 0.1) is 5.69 Å². The first-order valence-corrected chi connectivity index (χ1v) is 8.38. The quantitative estimate of drug-likeness (QED) is 0.517. The van der Waals surface area contributed by atoms with E-state index in [0.29, 0.717) is 0 Å². The number of aromatic nitrogens is 3. The van der Waals surface area contributed by atoms with Crippen LogP contribution in [-0.4, -0.2) is 14.8 Å². The molecule has 25 heavy (non-hydrogen) atoms. The molecule has 0 unspecified atom stereocenters. The molecule has 4 aromatic rings. The molecule has 1 heterocycles. The van der Waals surface area contributed by atoms with Crippen LogP contribution in [0.5, 0.6) is 0 Å². The van der Waals surface area contributed by atoms with E-state index in [1.54, 1.807) is 0 Å². The lowest BCUT2D eigenvalue weighted by Gasteiger charge is -2.06. The summed E-state index contributed by atoms with van der Waals surface area (Å²) < 4.78 is 1.92. The fourth-order valence-electron chi connectivity index (χ4n) is 3.01. The summed E-state index contributed by atoms with van der Waals surface area (Å²) in [6.07, 6.45) is 0. The van der Waals surface area contributed by atoms with Crippen molar-refractivity contribution in [1.29, 1.82) is 0 Å². The van der Waals surface area contributed by atoms with E-state index in [-0.39, 0.29) is 0 Å². The third-order valence-electron chi connectivity index (χ3n) is 4.34.